The zero-order valence-corrected chi connectivity index (χ0v) is 14.1. The Morgan fingerprint density at radius 1 is 1.08 bits per heavy atom. The number of nitrogens with one attached hydrogen (secondary N) is 2. The van der Waals surface area contributed by atoms with Crippen molar-refractivity contribution in [1.82, 2.24) is 5.32 Å². The summed E-state index contributed by atoms with van der Waals surface area (Å²) in [6.07, 6.45) is 1.15. The third kappa shape index (κ3) is 3.32. The maximum atomic E-state index is 12.1. The smallest absolute Gasteiger partial charge is 0.234 e. The zero-order chi connectivity index (χ0) is 17.2. The molecule has 0 saturated carbocycles. The van der Waals surface area contributed by atoms with E-state index in [-0.39, 0.29) is 11.8 Å². The molecule has 0 unspecified atom stereocenters. The van der Waals surface area contributed by atoms with E-state index < -0.39 is 5.41 Å². The highest BCUT2D eigenvalue weighted by Crippen LogP contribution is 2.37. The first-order valence-electron chi connectivity index (χ1n) is 8.22. The standard InChI is InChI=1S/C20H22N2O2/c1-20(2)16-12-15(8-9-17(16)22-19(20)24)13-18(23)21-11-10-14-6-4-3-5-7-14/h3-9,12H,10-11,13H2,1-2H3,(H,21,23)(H,22,24). The van der Waals surface area contributed by atoms with Crippen LogP contribution in [0, 0.1) is 0 Å². The van der Waals surface area contributed by atoms with E-state index in [4.69, 9.17) is 0 Å². The molecule has 2 aromatic rings. The van der Waals surface area contributed by atoms with Gasteiger partial charge in [-0.25, -0.2) is 0 Å². The maximum absolute atomic E-state index is 12.1. The molecule has 24 heavy (non-hydrogen) atoms. The number of amides is 2. The number of carbonyl (C=O) groups is 2. The summed E-state index contributed by atoms with van der Waals surface area (Å²) in [6, 6.07) is 15.8. The highest BCUT2D eigenvalue weighted by molar-refractivity contribution is 6.05. The van der Waals surface area contributed by atoms with Crippen LogP contribution in [0.1, 0.15) is 30.5 Å². The molecular formula is C20H22N2O2. The second kappa shape index (κ2) is 6.48. The molecule has 1 heterocycles. The average Bonchev–Trinajstić information content (AvgIpc) is 2.78. The minimum Gasteiger partial charge on any atom is -0.355 e. The fraction of sp³-hybridized carbons (Fsp3) is 0.300. The summed E-state index contributed by atoms with van der Waals surface area (Å²) in [5.74, 6) is 0.00272. The van der Waals surface area contributed by atoms with Gasteiger partial charge in [0.2, 0.25) is 11.8 Å². The minimum atomic E-state index is -0.546. The van der Waals surface area contributed by atoms with Gasteiger partial charge in [-0.15, -0.1) is 0 Å². The van der Waals surface area contributed by atoms with Crippen LogP contribution < -0.4 is 10.6 Å². The fourth-order valence-corrected chi connectivity index (χ4v) is 2.97. The Labute approximate surface area is 142 Å². The summed E-state index contributed by atoms with van der Waals surface area (Å²) >= 11 is 0. The van der Waals surface area contributed by atoms with Crippen molar-refractivity contribution in [3.05, 3.63) is 65.2 Å². The monoisotopic (exact) mass is 322 g/mol. The topological polar surface area (TPSA) is 58.2 Å². The average molecular weight is 322 g/mol. The fourth-order valence-electron chi connectivity index (χ4n) is 2.97. The Balaban J connectivity index is 1.58. The molecule has 1 aliphatic rings. The summed E-state index contributed by atoms with van der Waals surface area (Å²) in [5, 5.41) is 5.84. The molecule has 0 aromatic heterocycles. The molecular weight excluding hydrogens is 300 g/mol. The molecule has 0 atom stereocenters. The van der Waals surface area contributed by atoms with Gasteiger partial charge in [0.15, 0.2) is 0 Å². The van der Waals surface area contributed by atoms with E-state index in [1.807, 2.05) is 50.2 Å². The van der Waals surface area contributed by atoms with Crippen molar-refractivity contribution in [2.45, 2.75) is 32.1 Å². The van der Waals surface area contributed by atoms with Crippen LogP contribution in [-0.4, -0.2) is 18.4 Å². The highest BCUT2D eigenvalue weighted by atomic mass is 16.2. The third-order valence-corrected chi connectivity index (χ3v) is 4.52. The second-order valence-corrected chi connectivity index (χ2v) is 6.72. The van der Waals surface area contributed by atoms with Crippen molar-refractivity contribution in [3.63, 3.8) is 0 Å². The van der Waals surface area contributed by atoms with Crippen molar-refractivity contribution in [3.8, 4) is 0 Å². The molecule has 4 nitrogen and oxygen atoms in total. The molecule has 2 aromatic carbocycles. The Kier molecular flexibility index (Phi) is 4.38. The summed E-state index contributed by atoms with van der Waals surface area (Å²) < 4.78 is 0. The number of hydrogen-bond acceptors (Lipinski definition) is 2. The first-order chi connectivity index (χ1) is 11.5. The van der Waals surface area contributed by atoms with E-state index in [2.05, 4.69) is 22.8 Å². The number of rotatable bonds is 5. The molecule has 0 saturated heterocycles. The first kappa shape index (κ1) is 16.2. The van der Waals surface area contributed by atoms with Crippen molar-refractivity contribution >= 4 is 17.5 Å². The van der Waals surface area contributed by atoms with Crippen LogP contribution in [0.4, 0.5) is 5.69 Å². The van der Waals surface area contributed by atoms with Crippen molar-refractivity contribution < 1.29 is 9.59 Å². The quantitative estimate of drug-likeness (QED) is 0.889. The Bertz CT molecular complexity index is 766. The van der Waals surface area contributed by atoms with Gasteiger partial charge in [0.25, 0.3) is 0 Å². The van der Waals surface area contributed by atoms with E-state index in [9.17, 15) is 9.59 Å². The number of benzene rings is 2. The largest absolute Gasteiger partial charge is 0.355 e. The number of anilines is 1. The summed E-state index contributed by atoms with van der Waals surface area (Å²) in [7, 11) is 0. The van der Waals surface area contributed by atoms with Gasteiger partial charge in [0.1, 0.15) is 0 Å². The van der Waals surface area contributed by atoms with E-state index in [1.165, 1.54) is 5.56 Å². The first-order valence-corrected chi connectivity index (χ1v) is 8.22. The Hall–Kier alpha value is -2.62. The lowest BCUT2D eigenvalue weighted by molar-refractivity contribution is -0.120. The minimum absolute atomic E-state index is 0.000898. The highest BCUT2D eigenvalue weighted by Gasteiger charge is 2.38. The predicted octanol–water partition coefficient (Wildman–Crippen LogP) is 2.82. The molecule has 4 heteroatoms. The van der Waals surface area contributed by atoms with Gasteiger partial charge in [0, 0.05) is 12.2 Å². The van der Waals surface area contributed by atoms with Gasteiger partial charge < -0.3 is 10.6 Å². The lowest BCUT2D eigenvalue weighted by atomic mass is 9.85. The molecule has 124 valence electrons. The van der Waals surface area contributed by atoms with Crippen LogP contribution in [-0.2, 0) is 27.8 Å². The number of carbonyl (C=O) groups excluding carboxylic acids is 2. The third-order valence-electron chi connectivity index (χ3n) is 4.52. The van der Waals surface area contributed by atoms with Crippen molar-refractivity contribution in [1.29, 1.82) is 0 Å². The van der Waals surface area contributed by atoms with Crippen LogP contribution in [0.2, 0.25) is 0 Å². The molecule has 3 rings (SSSR count). The lowest BCUT2D eigenvalue weighted by Crippen LogP contribution is -2.28. The Morgan fingerprint density at radius 2 is 1.83 bits per heavy atom. The van der Waals surface area contributed by atoms with Crippen molar-refractivity contribution in [2.75, 3.05) is 11.9 Å². The molecule has 0 radical (unpaired) electrons. The van der Waals surface area contributed by atoms with E-state index in [0.29, 0.717) is 13.0 Å². The normalized spacial score (nSPS) is 14.8. The van der Waals surface area contributed by atoms with Crippen molar-refractivity contribution in [2.24, 2.45) is 0 Å². The van der Waals surface area contributed by atoms with E-state index in [1.54, 1.807) is 0 Å². The van der Waals surface area contributed by atoms with Crippen LogP contribution in [0.15, 0.2) is 48.5 Å². The predicted molar refractivity (Wildman–Crippen MR) is 95.0 cm³/mol. The van der Waals surface area contributed by atoms with Crippen LogP contribution >= 0.6 is 0 Å². The maximum Gasteiger partial charge on any atom is 0.234 e. The van der Waals surface area contributed by atoms with Gasteiger partial charge in [-0.3, -0.25) is 9.59 Å². The summed E-state index contributed by atoms with van der Waals surface area (Å²) in [4.78, 5) is 24.1. The molecule has 0 bridgehead atoms. The molecule has 0 fully saturated rings. The molecule has 1 aliphatic heterocycles. The van der Waals surface area contributed by atoms with E-state index >= 15 is 0 Å². The Morgan fingerprint density at radius 3 is 2.58 bits per heavy atom. The molecule has 0 aliphatic carbocycles. The van der Waals surface area contributed by atoms with Gasteiger partial charge in [-0.05, 0) is 43.0 Å². The summed E-state index contributed by atoms with van der Waals surface area (Å²) in [6.45, 7) is 4.43. The van der Waals surface area contributed by atoms with Gasteiger partial charge in [-0.2, -0.15) is 0 Å². The van der Waals surface area contributed by atoms with Gasteiger partial charge in [0.05, 0.1) is 11.8 Å². The molecule has 0 spiro atoms. The SMILES string of the molecule is CC1(C)C(=O)Nc2ccc(CC(=O)NCCc3ccccc3)cc21. The lowest BCUT2D eigenvalue weighted by Gasteiger charge is -2.15. The van der Waals surface area contributed by atoms with Crippen LogP contribution in [0.25, 0.3) is 0 Å². The van der Waals surface area contributed by atoms with E-state index in [0.717, 1.165) is 23.2 Å². The van der Waals surface area contributed by atoms with Crippen LogP contribution in [0.3, 0.4) is 0 Å². The van der Waals surface area contributed by atoms with Gasteiger partial charge >= 0.3 is 0 Å². The molecule has 2 amide bonds. The number of hydrogen-bond donors (Lipinski definition) is 2. The molecule has 2 N–H and O–H groups in total. The second-order valence-electron chi connectivity index (χ2n) is 6.72. The van der Waals surface area contributed by atoms with Gasteiger partial charge in [-0.1, -0.05) is 42.5 Å². The zero-order valence-electron chi connectivity index (χ0n) is 14.1. The van der Waals surface area contributed by atoms with Crippen LogP contribution in [0.5, 0.6) is 0 Å². The number of fused-ring (bicyclic) bond motifs is 1. The summed E-state index contributed by atoms with van der Waals surface area (Å²) in [5.41, 5.74) is 3.40.